The summed E-state index contributed by atoms with van der Waals surface area (Å²) in [6.45, 7) is 2.27. The summed E-state index contributed by atoms with van der Waals surface area (Å²) in [4.78, 5) is 17.9. The van der Waals surface area contributed by atoms with Crippen LogP contribution in [-0.2, 0) is 6.54 Å². The van der Waals surface area contributed by atoms with Gasteiger partial charge in [-0.3, -0.25) is 4.79 Å². The first-order chi connectivity index (χ1) is 15.7. The minimum absolute atomic E-state index is 0.205. The second-order valence-corrected chi connectivity index (χ2v) is 8.06. The van der Waals surface area contributed by atoms with E-state index in [1.165, 1.54) is 0 Å². The maximum atomic E-state index is 12.5. The van der Waals surface area contributed by atoms with E-state index in [9.17, 15) is 4.79 Å². The van der Waals surface area contributed by atoms with E-state index in [1.807, 2.05) is 48.7 Å². The summed E-state index contributed by atoms with van der Waals surface area (Å²) in [5.74, 6) is 1.22. The third kappa shape index (κ3) is 4.08. The number of amides is 1. The van der Waals surface area contributed by atoms with Crippen molar-refractivity contribution in [3.8, 4) is 33.7 Å². The molecule has 0 saturated heterocycles. The molecule has 7 nitrogen and oxygen atoms in total. The summed E-state index contributed by atoms with van der Waals surface area (Å²) in [5.41, 5.74) is 3.88. The van der Waals surface area contributed by atoms with Crippen LogP contribution in [0.1, 0.15) is 21.6 Å². The zero-order valence-electron chi connectivity index (χ0n) is 17.1. The first kappa shape index (κ1) is 19.9. The molecule has 0 aliphatic rings. The molecular formula is C24H18N4O3S. The molecule has 0 aliphatic carbocycles. The minimum Gasteiger partial charge on any atom is -0.443 e. The van der Waals surface area contributed by atoms with Crippen molar-refractivity contribution in [2.75, 3.05) is 0 Å². The van der Waals surface area contributed by atoms with E-state index < -0.39 is 0 Å². The van der Waals surface area contributed by atoms with Crippen molar-refractivity contribution in [3.63, 3.8) is 0 Å². The van der Waals surface area contributed by atoms with Gasteiger partial charge in [0.1, 0.15) is 6.26 Å². The molecule has 158 valence electrons. The molecule has 0 bridgehead atoms. The molecule has 0 spiro atoms. The number of nitrogens with one attached hydrogen (secondary N) is 1. The maximum Gasteiger partial charge on any atom is 0.251 e. The second kappa shape index (κ2) is 8.60. The number of aryl methyl sites for hydroxylation is 1. The Bertz CT molecular complexity index is 1350. The van der Waals surface area contributed by atoms with E-state index in [4.69, 9.17) is 8.83 Å². The topological polar surface area (TPSA) is 94.1 Å². The van der Waals surface area contributed by atoms with Crippen LogP contribution in [0.3, 0.4) is 0 Å². The van der Waals surface area contributed by atoms with Gasteiger partial charge in [-0.25, -0.2) is 4.98 Å². The van der Waals surface area contributed by atoms with Crippen molar-refractivity contribution in [2.24, 2.45) is 0 Å². The van der Waals surface area contributed by atoms with Gasteiger partial charge in [0.15, 0.2) is 0 Å². The summed E-state index contributed by atoms with van der Waals surface area (Å²) >= 11 is 1.55. The summed E-state index contributed by atoms with van der Waals surface area (Å²) < 4.78 is 11.3. The predicted molar refractivity (Wildman–Crippen MR) is 121 cm³/mol. The minimum atomic E-state index is -0.205. The number of rotatable bonds is 6. The van der Waals surface area contributed by atoms with Crippen LogP contribution in [0.4, 0.5) is 0 Å². The number of oxazole rings is 1. The van der Waals surface area contributed by atoms with E-state index >= 15 is 0 Å². The monoisotopic (exact) mass is 442 g/mol. The standard InChI is InChI=1S/C24H18N4O3S/c1-15-5-2-3-6-19(15)23-28-27-22(31-23)17-10-8-16(9-11-17)21(29)25-13-18-14-30-24(26-18)20-7-4-12-32-20/h2-12,14H,13H2,1H3,(H,25,29). The van der Waals surface area contributed by atoms with Crippen LogP contribution in [0, 0.1) is 6.92 Å². The van der Waals surface area contributed by atoms with Crippen LogP contribution < -0.4 is 5.32 Å². The van der Waals surface area contributed by atoms with Gasteiger partial charge in [-0.15, -0.1) is 21.5 Å². The number of nitrogens with zero attached hydrogens (tertiary/aromatic N) is 3. The molecule has 3 heterocycles. The van der Waals surface area contributed by atoms with Gasteiger partial charge in [-0.2, -0.15) is 0 Å². The molecule has 3 aromatic heterocycles. The number of hydrogen-bond acceptors (Lipinski definition) is 7. The summed E-state index contributed by atoms with van der Waals surface area (Å²) in [6, 6.07) is 18.7. The predicted octanol–water partition coefficient (Wildman–Crippen LogP) is 5.36. The molecule has 0 fully saturated rings. The Morgan fingerprint density at radius 3 is 2.56 bits per heavy atom. The molecule has 0 saturated carbocycles. The largest absolute Gasteiger partial charge is 0.443 e. The fourth-order valence-corrected chi connectivity index (χ4v) is 3.86. The normalized spacial score (nSPS) is 10.9. The number of hydrogen-bond donors (Lipinski definition) is 1. The van der Waals surface area contributed by atoms with Crippen molar-refractivity contribution in [3.05, 3.63) is 89.1 Å². The fourth-order valence-electron chi connectivity index (χ4n) is 3.20. The third-order valence-corrected chi connectivity index (χ3v) is 5.77. The molecule has 8 heteroatoms. The lowest BCUT2D eigenvalue weighted by Crippen LogP contribution is -2.22. The Hall–Kier alpha value is -4.04. The Kier molecular flexibility index (Phi) is 5.35. The molecule has 5 aromatic rings. The SMILES string of the molecule is Cc1ccccc1-c1nnc(-c2ccc(C(=O)NCc3coc(-c4cccs4)n3)cc2)o1. The van der Waals surface area contributed by atoms with Crippen LogP contribution in [0.25, 0.3) is 33.7 Å². The zero-order chi connectivity index (χ0) is 21.9. The molecule has 1 N–H and O–H groups in total. The van der Waals surface area contributed by atoms with Crippen molar-refractivity contribution in [1.29, 1.82) is 0 Å². The highest BCUT2D eigenvalue weighted by atomic mass is 32.1. The van der Waals surface area contributed by atoms with E-state index in [0.717, 1.165) is 21.6 Å². The number of carbonyl (C=O) groups excluding carboxylic acids is 1. The van der Waals surface area contributed by atoms with Gasteiger partial charge < -0.3 is 14.2 Å². The molecule has 0 atom stereocenters. The van der Waals surface area contributed by atoms with E-state index in [0.29, 0.717) is 28.9 Å². The van der Waals surface area contributed by atoms with Crippen LogP contribution >= 0.6 is 11.3 Å². The Morgan fingerprint density at radius 2 is 1.78 bits per heavy atom. The molecule has 5 rings (SSSR count). The molecule has 0 aliphatic heterocycles. The molecule has 0 unspecified atom stereocenters. The quantitative estimate of drug-likeness (QED) is 0.380. The molecule has 0 radical (unpaired) electrons. The Morgan fingerprint density at radius 1 is 0.969 bits per heavy atom. The van der Waals surface area contributed by atoms with Crippen molar-refractivity contribution >= 4 is 17.2 Å². The molecule has 32 heavy (non-hydrogen) atoms. The second-order valence-electron chi connectivity index (χ2n) is 7.11. The van der Waals surface area contributed by atoms with Gasteiger partial charge in [-0.1, -0.05) is 24.3 Å². The van der Waals surface area contributed by atoms with Gasteiger partial charge in [0.05, 0.1) is 17.1 Å². The van der Waals surface area contributed by atoms with Crippen molar-refractivity contribution in [1.82, 2.24) is 20.5 Å². The summed E-state index contributed by atoms with van der Waals surface area (Å²) in [5, 5.41) is 13.1. The lowest BCUT2D eigenvalue weighted by atomic mass is 10.1. The average Bonchev–Trinajstić information content (AvgIpc) is 3.59. The van der Waals surface area contributed by atoms with Crippen LogP contribution in [0.15, 0.2) is 81.1 Å². The third-order valence-electron chi connectivity index (χ3n) is 4.91. The number of carbonyl (C=O) groups is 1. The van der Waals surface area contributed by atoms with E-state index in [2.05, 4.69) is 20.5 Å². The van der Waals surface area contributed by atoms with E-state index in [1.54, 1.807) is 41.9 Å². The lowest BCUT2D eigenvalue weighted by Gasteiger charge is -2.03. The first-order valence-electron chi connectivity index (χ1n) is 9.94. The first-order valence-corrected chi connectivity index (χ1v) is 10.8. The van der Waals surface area contributed by atoms with Crippen molar-refractivity contribution in [2.45, 2.75) is 13.5 Å². The number of thiophene rings is 1. The highest BCUT2D eigenvalue weighted by Gasteiger charge is 2.14. The van der Waals surface area contributed by atoms with Gasteiger partial charge in [0.2, 0.25) is 17.7 Å². The van der Waals surface area contributed by atoms with Gasteiger partial charge in [0.25, 0.3) is 5.91 Å². The Balaban J connectivity index is 1.24. The molecular weight excluding hydrogens is 424 g/mol. The Labute approximate surface area is 187 Å². The van der Waals surface area contributed by atoms with Crippen LogP contribution in [0.2, 0.25) is 0 Å². The van der Waals surface area contributed by atoms with Crippen LogP contribution in [-0.4, -0.2) is 21.1 Å². The highest BCUT2D eigenvalue weighted by Crippen LogP contribution is 2.26. The maximum absolute atomic E-state index is 12.5. The van der Waals surface area contributed by atoms with Gasteiger partial charge >= 0.3 is 0 Å². The van der Waals surface area contributed by atoms with Gasteiger partial charge in [0, 0.05) is 16.7 Å². The van der Waals surface area contributed by atoms with Crippen molar-refractivity contribution < 1.29 is 13.6 Å². The zero-order valence-corrected chi connectivity index (χ0v) is 17.9. The summed E-state index contributed by atoms with van der Waals surface area (Å²) in [7, 11) is 0. The number of benzene rings is 2. The number of aromatic nitrogens is 3. The smallest absolute Gasteiger partial charge is 0.251 e. The van der Waals surface area contributed by atoms with E-state index in [-0.39, 0.29) is 12.5 Å². The molecule has 2 aromatic carbocycles. The van der Waals surface area contributed by atoms with Gasteiger partial charge in [-0.05, 0) is 54.3 Å². The molecule has 1 amide bonds. The average molecular weight is 443 g/mol. The lowest BCUT2D eigenvalue weighted by molar-refractivity contribution is 0.0950. The highest BCUT2D eigenvalue weighted by molar-refractivity contribution is 7.13. The fraction of sp³-hybridized carbons (Fsp3) is 0.0833. The van der Waals surface area contributed by atoms with Crippen LogP contribution in [0.5, 0.6) is 0 Å². The summed E-state index contributed by atoms with van der Waals surface area (Å²) in [6.07, 6.45) is 1.56.